The number of nitrogens with zero attached hydrogens (tertiary/aromatic N) is 1. The van der Waals surface area contributed by atoms with Gasteiger partial charge in [-0.05, 0) is 12.1 Å². The summed E-state index contributed by atoms with van der Waals surface area (Å²) in [5, 5.41) is 2.92. The summed E-state index contributed by atoms with van der Waals surface area (Å²) >= 11 is 8.80. The maximum Gasteiger partial charge on any atom is 0.184 e. The van der Waals surface area contributed by atoms with Gasteiger partial charge >= 0.3 is 0 Å². The van der Waals surface area contributed by atoms with Crippen LogP contribution >= 0.6 is 34.7 Å². The highest BCUT2D eigenvalue weighted by atomic mass is 35.5. The van der Waals surface area contributed by atoms with E-state index < -0.39 is 0 Å². The minimum absolute atomic E-state index is 0.596. The van der Waals surface area contributed by atoms with E-state index in [-0.39, 0.29) is 0 Å². The molecule has 0 spiro atoms. The van der Waals surface area contributed by atoms with Crippen LogP contribution in [0.15, 0.2) is 45.6 Å². The summed E-state index contributed by atoms with van der Waals surface area (Å²) in [5.41, 5.74) is 0. The average molecular weight is 228 g/mol. The standard InChI is InChI=1S/C9H6ClNS2/c10-9-11-8(6-12-9)13-7-4-2-1-3-5-7/h1-6H. The van der Waals surface area contributed by atoms with Crippen LogP contribution in [0.5, 0.6) is 0 Å². The van der Waals surface area contributed by atoms with Crippen molar-refractivity contribution < 1.29 is 0 Å². The van der Waals surface area contributed by atoms with Crippen LogP contribution in [-0.4, -0.2) is 4.98 Å². The molecule has 2 rings (SSSR count). The molecule has 1 aromatic carbocycles. The minimum Gasteiger partial charge on any atom is -0.218 e. The van der Waals surface area contributed by atoms with Crippen molar-refractivity contribution in [2.75, 3.05) is 0 Å². The van der Waals surface area contributed by atoms with Crippen LogP contribution in [0.4, 0.5) is 0 Å². The van der Waals surface area contributed by atoms with Gasteiger partial charge in [-0.25, -0.2) is 4.98 Å². The third-order valence-electron chi connectivity index (χ3n) is 1.42. The zero-order chi connectivity index (χ0) is 9.10. The lowest BCUT2D eigenvalue weighted by Crippen LogP contribution is -1.71. The molecule has 0 amide bonds. The van der Waals surface area contributed by atoms with Crippen molar-refractivity contribution in [3.63, 3.8) is 0 Å². The van der Waals surface area contributed by atoms with E-state index in [0.717, 1.165) is 5.03 Å². The van der Waals surface area contributed by atoms with Crippen LogP contribution in [0.2, 0.25) is 4.47 Å². The third kappa shape index (κ3) is 2.46. The van der Waals surface area contributed by atoms with Crippen molar-refractivity contribution in [3.05, 3.63) is 40.2 Å². The van der Waals surface area contributed by atoms with E-state index in [2.05, 4.69) is 17.1 Å². The quantitative estimate of drug-likeness (QED) is 0.771. The topological polar surface area (TPSA) is 12.9 Å². The highest BCUT2D eigenvalue weighted by Crippen LogP contribution is 2.29. The predicted molar refractivity (Wildman–Crippen MR) is 57.7 cm³/mol. The van der Waals surface area contributed by atoms with Crippen LogP contribution in [-0.2, 0) is 0 Å². The van der Waals surface area contributed by atoms with Crippen molar-refractivity contribution in [2.24, 2.45) is 0 Å². The lowest BCUT2D eigenvalue weighted by atomic mass is 10.4. The Morgan fingerprint density at radius 1 is 1.23 bits per heavy atom. The molecule has 1 aromatic heterocycles. The molecular weight excluding hydrogens is 222 g/mol. The molecule has 0 fully saturated rings. The molecule has 0 bridgehead atoms. The summed E-state index contributed by atoms with van der Waals surface area (Å²) in [6.07, 6.45) is 0. The molecule has 1 nitrogen and oxygen atoms in total. The first-order valence-electron chi connectivity index (χ1n) is 3.68. The first kappa shape index (κ1) is 9.06. The average Bonchev–Trinajstić information content (AvgIpc) is 2.53. The van der Waals surface area contributed by atoms with Crippen LogP contribution in [0.1, 0.15) is 0 Å². The van der Waals surface area contributed by atoms with Crippen molar-refractivity contribution >= 4 is 34.7 Å². The second-order valence-electron chi connectivity index (χ2n) is 2.35. The molecule has 0 aliphatic heterocycles. The summed E-state index contributed by atoms with van der Waals surface area (Å²) in [6, 6.07) is 10.1. The highest BCUT2D eigenvalue weighted by Gasteiger charge is 2.00. The molecule has 0 N–H and O–H groups in total. The van der Waals surface area contributed by atoms with E-state index in [0.29, 0.717) is 4.47 Å². The third-order valence-corrected chi connectivity index (χ3v) is 3.47. The number of aromatic nitrogens is 1. The van der Waals surface area contributed by atoms with Crippen molar-refractivity contribution in [1.29, 1.82) is 0 Å². The Balaban J connectivity index is 2.15. The Hall–Kier alpha value is -0.510. The molecule has 0 radical (unpaired) electrons. The Morgan fingerprint density at radius 2 is 2.00 bits per heavy atom. The summed E-state index contributed by atoms with van der Waals surface area (Å²) in [4.78, 5) is 5.34. The summed E-state index contributed by atoms with van der Waals surface area (Å²) in [6.45, 7) is 0. The van der Waals surface area contributed by atoms with Gasteiger partial charge in [0.2, 0.25) is 0 Å². The Labute approximate surface area is 89.8 Å². The minimum atomic E-state index is 0.596. The molecule has 13 heavy (non-hydrogen) atoms. The fraction of sp³-hybridized carbons (Fsp3) is 0. The van der Waals surface area contributed by atoms with Crippen molar-refractivity contribution in [1.82, 2.24) is 4.98 Å². The van der Waals surface area contributed by atoms with Crippen LogP contribution in [0, 0.1) is 0 Å². The number of hydrogen-bond donors (Lipinski definition) is 0. The Bertz CT molecular complexity index is 386. The SMILES string of the molecule is Clc1nc(Sc2ccccc2)cs1. The zero-order valence-electron chi connectivity index (χ0n) is 6.61. The monoisotopic (exact) mass is 227 g/mol. The van der Waals surface area contributed by atoms with Gasteiger partial charge in [0.05, 0.1) is 0 Å². The molecule has 1 heterocycles. The van der Waals surface area contributed by atoms with E-state index in [1.165, 1.54) is 16.2 Å². The molecule has 0 saturated heterocycles. The maximum atomic E-state index is 5.72. The van der Waals surface area contributed by atoms with Gasteiger partial charge in [-0.2, -0.15) is 0 Å². The van der Waals surface area contributed by atoms with Crippen LogP contribution in [0.3, 0.4) is 0 Å². The second kappa shape index (κ2) is 4.13. The van der Waals surface area contributed by atoms with Crippen LogP contribution in [0.25, 0.3) is 0 Å². The molecular formula is C9H6ClNS2. The van der Waals surface area contributed by atoms with Gasteiger partial charge in [0.25, 0.3) is 0 Å². The maximum absolute atomic E-state index is 5.72. The van der Waals surface area contributed by atoms with Crippen molar-refractivity contribution in [3.8, 4) is 0 Å². The molecule has 0 saturated carbocycles. The number of thiazole rings is 1. The second-order valence-corrected chi connectivity index (χ2v) is 4.89. The van der Waals surface area contributed by atoms with E-state index in [9.17, 15) is 0 Å². The van der Waals surface area contributed by atoms with Gasteiger partial charge in [0, 0.05) is 10.3 Å². The van der Waals surface area contributed by atoms with Gasteiger partial charge in [0.15, 0.2) is 4.47 Å². The normalized spacial score (nSPS) is 10.2. The number of rotatable bonds is 2. The largest absolute Gasteiger partial charge is 0.218 e. The molecule has 2 aromatic rings. The van der Waals surface area contributed by atoms with Gasteiger partial charge in [-0.15, -0.1) is 11.3 Å². The van der Waals surface area contributed by atoms with E-state index >= 15 is 0 Å². The molecule has 4 heteroatoms. The van der Waals surface area contributed by atoms with Crippen LogP contribution < -0.4 is 0 Å². The summed E-state index contributed by atoms with van der Waals surface area (Å²) in [7, 11) is 0. The Kier molecular flexibility index (Phi) is 2.88. The van der Waals surface area contributed by atoms with Gasteiger partial charge in [-0.1, -0.05) is 41.6 Å². The van der Waals surface area contributed by atoms with Crippen molar-refractivity contribution in [2.45, 2.75) is 9.92 Å². The van der Waals surface area contributed by atoms with Gasteiger partial charge in [0.1, 0.15) is 5.03 Å². The molecule has 0 atom stereocenters. The summed E-state index contributed by atoms with van der Waals surface area (Å²) in [5.74, 6) is 0. The fourth-order valence-electron chi connectivity index (χ4n) is 0.895. The first-order valence-corrected chi connectivity index (χ1v) is 5.76. The summed E-state index contributed by atoms with van der Waals surface area (Å²) < 4.78 is 0.596. The fourth-order valence-corrected chi connectivity index (χ4v) is 2.64. The zero-order valence-corrected chi connectivity index (χ0v) is 8.99. The van der Waals surface area contributed by atoms with E-state index in [4.69, 9.17) is 11.6 Å². The van der Waals surface area contributed by atoms with Gasteiger partial charge < -0.3 is 0 Å². The smallest absolute Gasteiger partial charge is 0.184 e. The Morgan fingerprint density at radius 3 is 2.62 bits per heavy atom. The number of halogens is 1. The highest BCUT2D eigenvalue weighted by molar-refractivity contribution is 7.99. The molecule has 0 unspecified atom stereocenters. The van der Waals surface area contributed by atoms with E-state index in [1.807, 2.05) is 23.6 Å². The molecule has 66 valence electrons. The lowest BCUT2D eigenvalue weighted by Gasteiger charge is -1.94. The van der Waals surface area contributed by atoms with E-state index in [1.54, 1.807) is 11.8 Å². The lowest BCUT2D eigenvalue weighted by molar-refractivity contribution is 1.20. The predicted octanol–water partition coefficient (Wildman–Crippen LogP) is 3.95. The number of benzene rings is 1. The molecule has 0 aliphatic carbocycles. The first-order chi connectivity index (χ1) is 6.34. The number of hydrogen-bond acceptors (Lipinski definition) is 3. The van der Waals surface area contributed by atoms with Gasteiger partial charge in [-0.3, -0.25) is 0 Å². The molecule has 0 aliphatic rings.